The van der Waals surface area contributed by atoms with E-state index in [-0.39, 0.29) is 6.04 Å². The van der Waals surface area contributed by atoms with Crippen molar-refractivity contribution in [3.8, 4) is 0 Å². The van der Waals surface area contributed by atoms with E-state index in [0.717, 1.165) is 18.7 Å². The van der Waals surface area contributed by atoms with Gasteiger partial charge < -0.3 is 5.73 Å². The van der Waals surface area contributed by atoms with Gasteiger partial charge in [0.15, 0.2) is 5.82 Å². The second-order valence-electron chi connectivity index (χ2n) is 2.56. The second-order valence-corrected chi connectivity index (χ2v) is 2.56. The van der Waals surface area contributed by atoms with Crippen molar-refractivity contribution in [2.24, 2.45) is 12.8 Å². The molecule has 0 spiro atoms. The van der Waals surface area contributed by atoms with E-state index in [1.807, 2.05) is 0 Å². The monoisotopic (exact) mass is 155 g/mol. The van der Waals surface area contributed by atoms with Crippen LogP contribution in [0.4, 0.5) is 0 Å². The molecular weight excluding hydrogens is 142 g/mol. The summed E-state index contributed by atoms with van der Waals surface area (Å²) in [6.07, 6.45) is 1.97. The van der Waals surface area contributed by atoms with Crippen LogP contribution < -0.4 is 5.73 Å². The van der Waals surface area contributed by atoms with Gasteiger partial charge in [0, 0.05) is 7.05 Å². The molecule has 1 atom stereocenters. The SMILES string of the molecule is CCCC(N)c1nnnn1C. The summed E-state index contributed by atoms with van der Waals surface area (Å²) in [5, 5.41) is 11.0. The first kappa shape index (κ1) is 8.13. The van der Waals surface area contributed by atoms with Gasteiger partial charge >= 0.3 is 0 Å². The maximum absolute atomic E-state index is 5.79. The highest BCUT2D eigenvalue weighted by molar-refractivity contribution is 4.88. The predicted octanol–water partition coefficient (Wildman–Crippen LogP) is 0.01000. The molecule has 0 radical (unpaired) electrons. The summed E-state index contributed by atoms with van der Waals surface area (Å²) in [6, 6.07) is -0.0278. The average Bonchev–Trinajstić information content (AvgIpc) is 2.36. The number of nitrogens with two attached hydrogens (primary N) is 1. The Morgan fingerprint density at radius 3 is 2.82 bits per heavy atom. The molecule has 0 aliphatic heterocycles. The maximum atomic E-state index is 5.79. The lowest BCUT2D eigenvalue weighted by atomic mass is 10.2. The van der Waals surface area contributed by atoms with Crippen molar-refractivity contribution in [1.82, 2.24) is 20.2 Å². The van der Waals surface area contributed by atoms with Crippen molar-refractivity contribution < 1.29 is 0 Å². The van der Waals surface area contributed by atoms with E-state index >= 15 is 0 Å². The molecule has 1 aromatic rings. The number of nitrogens with zero attached hydrogens (tertiary/aromatic N) is 4. The third-order valence-corrected chi connectivity index (χ3v) is 1.58. The molecule has 0 saturated carbocycles. The van der Waals surface area contributed by atoms with Crippen LogP contribution in [-0.4, -0.2) is 20.2 Å². The Balaban J connectivity index is 2.67. The van der Waals surface area contributed by atoms with Gasteiger partial charge in [0.2, 0.25) is 0 Å². The van der Waals surface area contributed by atoms with E-state index in [2.05, 4.69) is 22.4 Å². The highest BCUT2D eigenvalue weighted by Crippen LogP contribution is 2.09. The lowest BCUT2D eigenvalue weighted by molar-refractivity contribution is 0.560. The van der Waals surface area contributed by atoms with E-state index in [1.54, 1.807) is 11.7 Å². The zero-order valence-electron chi connectivity index (χ0n) is 6.86. The summed E-state index contributed by atoms with van der Waals surface area (Å²) in [4.78, 5) is 0. The van der Waals surface area contributed by atoms with E-state index in [9.17, 15) is 0 Å². The van der Waals surface area contributed by atoms with Crippen molar-refractivity contribution >= 4 is 0 Å². The quantitative estimate of drug-likeness (QED) is 0.667. The van der Waals surface area contributed by atoms with E-state index in [0.29, 0.717) is 0 Å². The third-order valence-electron chi connectivity index (χ3n) is 1.58. The van der Waals surface area contributed by atoms with Crippen LogP contribution in [0.1, 0.15) is 31.6 Å². The fraction of sp³-hybridized carbons (Fsp3) is 0.833. The van der Waals surface area contributed by atoms with Crippen molar-refractivity contribution in [2.45, 2.75) is 25.8 Å². The van der Waals surface area contributed by atoms with Crippen LogP contribution >= 0.6 is 0 Å². The highest BCUT2D eigenvalue weighted by Gasteiger charge is 2.10. The molecule has 0 bridgehead atoms. The van der Waals surface area contributed by atoms with E-state index in [4.69, 9.17) is 5.73 Å². The fourth-order valence-electron chi connectivity index (χ4n) is 0.991. The minimum absolute atomic E-state index is 0.0278. The molecule has 62 valence electrons. The van der Waals surface area contributed by atoms with Gasteiger partial charge in [-0.1, -0.05) is 13.3 Å². The number of tetrazole rings is 1. The van der Waals surface area contributed by atoms with E-state index < -0.39 is 0 Å². The Bertz CT molecular complexity index is 219. The topological polar surface area (TPSA) is 69.6 Å². The van der Waals surface area contributed by atoms with Crippen LogP contribution in [0.25, 0.3) is 0 Å². The van der Waals surface area contributed by atoms with Gasteiger partial charge in [0.1, 0.15) is 0 Å². The molecule has 1 aromatic heterocycles. The lowest BCUT2D eigenvalue weighted by Crippen LogP contribution is -2.15. The van der Waals surface area contributed by atoms with Gasteiger partial charge in [-0.15, -0.1) is 5.10 Å². The molecule has 0 aromatic carbocycles. The first-order chi connectivity index (χ1) is 5.25. The largest absolute Gasteiger partial charge is 0.321 e. The fourth-order valence-corrected chi connectivity index (χ4v) is 0.991. The van der Waals surface area contributed by atoms with Crippen molar-refractivity contribution in [1.29, 1.82) is 0 Å². The van der Waals surface area contributed by atoms with Gasteiger partial charge in [-0.05, 0) is 16.8 Å². The van der Waals surface area contributed by atoms with Crippen LogP contribution in [0, 0.1) is 0 Å². The van der Waals surface area contributed by atoms with Crippen LogP contribution in [0.2, 0.25) is 0 Å². The normalized spacial score (nSPS) is 13.4. The van der Waals surface area contributed by atoms with Gasteiger partial charge in [0.25, 0.3) is 0 Å². The zero-order valence-corrected chi connectivity index (χ0v) is 6.86. The van der Waals surface area contributed by atoms with Crippen LogP contribution in [0.3, 0.4) is 0 Å². The van der Waals surface area contributed by atoms with Crippen molar-refractivity contribution in [2.75, 3.05) is 0 Å². The molecule has 1 rings (SSSR count). The molecule has 0 fully saturated rings. The molecule has 5 nitrogen and oxygen atoms in total. The first-order valence-electron chi connectivity index (χ1n) is 3.73. The molecule has 0 aliphatic rings. The minimum atomic E-state index is -0.0278. The van der Waals surface area contributed by atoms with Crippen LogP contribution in [-0.2, 0) is 7.05 Å². The number of aryl methyl sites for hydroxylation is 1. The number of aromatic nitrogens is 4. The summed E-state index contributed by atoms with van der Waals surface area (Å²) in [5.74, 6) is 0.756. The third kappa shape index (κ3) is 1.74. The molecule has 5 heteroatoms. The molecule has 1 heterocycles. The molecule has 0 amide bonds. The Labute approximate surface area is 65.6 Å². The summed E-state index contributed by atoms with van der Waals surface area (Å²) >= 11 is 0. The first-order valence-corrected chi connectivity index (χ1v) is 3.73. The smallest absolute Gasteiger partial charge is 0.167 e. The van der Waals surface area contributed by atoms with Gasteiger partial charge in [0.05, 0.1) is 6.04 Å². The Hall–Kier alpha value is -0.970. The van der Waals surface area contributed by atoms with E-state index in [1.165, 1.54) is 0 Å². The Kier molecular flexibility index (Phi) is 2.53. The molecule has 11 heavy (non-hydrogen) atoms. The number of hydrogen-bond donors (Lipinski definition) is 1. The minimum Gasteiger partial charge on any atom is -0.321 e. The number of rotatable bonds is 3. The zero-order chi connectivity index (χ0) is 8.27. The summed E-state index contributed by atoms with van der Waals surface area (Å²) in [7, 11) is 1.80. The molecular formula is C6H13N5. The Morgan fingerprint density at radius 1 is 1.64 bits per heavy atom. The predicted molar refractivity (Wildman–Crippen MR) is 40.6 cm³/mol. The molecule has 1 unspecified atom stereocenters. The van der Waals surface area contributed by atoms with Crippen LogP contribution in [0.5, 0.6) is 0 Å². The molecule has 0 saturated heterocycles. The summed E-state index contributed by atoms with van der Waals surface area (Å²) < 4.78 is 1.61. The van der Waals surface area contributed by atoms with Crippen molar-refractivity contribution in [3.63, 3.8) is 0 Å². The molecule has 2 N–H and O–H groups in total. The van der Waals surface area contributed by atoms with Crippen molar-refractivity contribution in [3.05, 3.63) is 5.82 Å². The van der Waals surface area contributed by atoms with Gasteiger partial charge in [-0.25, -0.2) is 4.68 Å². The van der Waals surface area contributed by atoms with Gasteiger partial charge in [-0.3, -0.25) is 0 Å². The second kappa shape index (κ2) is 3.43. The highest BCUT2D eigenvalue weighted by atomic mass is 15.5. The number of hydrogen-bond acceptors (Lipinski definition) is 4. The average molecular weight is 155 g/mol. The van der Waals surface area contributed by atoms with Crippen LogP contribution in [0.15, 0.2) is 0 Å². The Morgan fingerprint density at radius 2 is 2.36 bits per heavy atom. The summed E-state index contributed by atoms with van der Waals surface area (Å²) in [5.41, 5.74) is 5.79. The standard InChI is InChI=1S/C6H13N5/c1-3-4-5(7)6-8-9-10-11(6)2/h5H,3-4,7H2,1-2H3. The van der Waals surface area contributed by atoms with Gasteiger partial charge in [-0.2, -0.15) is 0 Å². The summed E-state index contributed by atoms with van der Waals surface area (Å²) in [6.45, 7) is 2.09. The maximum Gasteiger partial charge on any atom is 0.167 e. The molecule has 0 aliphatic carbocycles. The lowest BCUT2D eigenvalue weighted by Gasteiger charge is -2.06.